The van der Waals surface area contributed by atoms with E-state index in [-0.39, 0.29) is 24.3 Å². The number of fused-ring (bicyclic) bond motifs is 1. The largest absolute Gasteiger partial charge is 0.481 e. The summed E-state index contributed by atoms with van der Waals surface area (Å²) in [6, 6.07) is 1.22. The first-order chi connectivity index (χ1) is 12.5. The molecule has 1 saturated heterocycles. The lowest BCUT2D eigenvalue weighted by atomic mass is 10.1. The number of hydrogen-bond acceptors (Lipinski definition) is 5. The summed E-state index contributed by atoms with van der Waals surface area (Å²) in [7, 11) is 1.51. The molecule has 1 aromatic heterocycles. The number of likely N-dealkylation sites (tertiary alicyclic amines) is 1. The standard InChI is InChI=1S/C18H24N4O4/c1-4-21-10-14-13(18(21)25)8-12(17(20-14)26-3)9-19-16(24)11(2)22-7-5-6-15(22)23/h8,11H,4-7,9-10H2,1-3H3,(H,19,24). The van der Waals surface area contributed by atoms with E-state index in [0.29, 0.717) is 48.8 Å². The Morgan fingerprint density at radius 2 is 2.19 bits per heavy atom. The number of pyridine rings is 1. The number of aromatic nitrogens is 1. The highest BCUT2D eigenvalue weighted by Crippen LogP contribution is 2.27. The normalized spacial score (nSPS) is 17.5. The Labute approximate surface area is 152 Å². The lowest BCUT2D eigenvalue weighted by Crippen LogP contribution is -2.45. The number of nitrogens with one attached hydrogen (secondary N) is 1. The first-order valence-electron chi connectivity index (χ1n) is 8.89. The van der Waals surface area contributed by atoms with Gasteiger partial charge in [0.15, 0.2) is 0 Å². The molecule has 0 spiro atoms. The molecule has 2 aliphatic heterocycles. The topological polar surface area (TPSA) is 91.8 Å². The van der Waals surface area contributed by atoms with Gasteiger partial charge in [-0.25, -0.2) is 4.98 Å². The van der Waals surface area contributed by atoms with Gasteiger partial charge in [-0.2, -0.15) is 0 Å². The third-order valence-corrected chi connectivity index (χ3v) is 4.98. The number of ether oxygens (including phenoxy) is 1. The molecule has 3 rings (SSSR count). The molecule has 1 atom stereocenters. The van der Waals surface area contributed by atoms with Crippen LogP contribution in [0.1, 0.15) is 48.3 Å². The van der Waals surface area contributed by atoms with Crippen molar-refractivity contribution in [1.29, 1.82) is 0 Å². The Hall–Kier alpha value is -2.64. The van der Waals surface area contributed by atoms with Crippen molar-refractivity contribution in [3.63, 3.8) is 0 Å². The Morgan fingerprint density at radius 1 is 1.42 bits per heavy atom. The van der Waals surface area contributed by atoms with Gasteiger partial charge in [0.05, 0.1) is 24.9 Å². The van der Waals surface area contributed by atoms with E-state index in [1.807, 2.05) is 6.92 Å². The summed E-state index contributed by atoms with van der Waals surface area (Å²) in [5.74, 6) is 0.125. The fourth-order valence-corrected chi connectivity index (χ4v) is 3.41. The number of hydrogen-bond donors (Lipinski definition) is 1. The quantitative estimate of drug-likeness (QED) is 0.806. The van der Waals surface area contributed by atoms with E-state index in [4.69, 9.17) is 4.74 Å². The zero-order chi connectivity index (χ0) is 18.8. The third kappa shape index (κ3) is 3.23. The van der Waals surface area contributed by atoms with Gasteiger partial charge in [-0.1, -0.05) is 0 Å². The van der Waals surface area contributed by atoms with Crippen LogP contribution in [0.25, 0.3) is 0 Å². The van der Waals surface area contributed by atoms with Gasteiger partial charge >= 0.3 is 0 Å². The van der Waals surface area contributed by atoms with Crippen LogP contribution in [0.4, 0.5) is 0 Å². The number of rotatable bonds is 6. The minimum absolute atomic E-state index is 0.00896. The van der Waals surface area contributed by atoms with Crippen LogP contribution >= 0.6 is 0 Å². The monoisotopic (exact) mass is 360 g/mol. The summed E-state index contributed by atoms with van der Waals surface area (Å²) >= 11 is 0. The zero-order valence-electron chi connectivity index (χ0n) is 15.4. The molecule has 3 amide bonds. The average Bonchev–Trinajstić information content (AvgIpc) is 3.21. The number of methoxy groups -OCH3 is 1. The van der Waals surface area contributed by atoms with Gasteiger partial charge < -0.3 is 19.9 Å². The Morgan fingerprint density at radius 3 is 2.81 bits per heavy atom. The Balaban J connectivity index is 1.72. The van der Waals surface area contributed by atoms with Gasteiger partial charge in [0.2, 0.25) is 17.7 Å². The van der Waals surface area contributed by atoms with Crippen LogP contribution in [0.2, 0.25) is 0 Å². The second kappa shape index (κ2) is 7.31. The smallest absolute Gasteiger partial charge is 0.256 e. The fourth-order valence-electron chi connectivity index (χ4n) is 3.41. The van der Waals surface area contributed by atoms with Crippen LogP contribution in [-0.2, 0) is 22.7 Å². The van der Waals surface area contributed by atoms with E-state index in [2.05, 4.69) is 10.3 Å². The Bertz CT molecular complexity index is 749. The molecule has 1 N–H and O–H groups in total. The fraction of sp³-hybridized carbons (Fsp3) is 0.556. The maximum Gasteiger partial charge on any atom is 0.256 e. The molecule has 1 unspecified atom stereocenters. The highest BCUT2D eigenvalue weighted by atomic mass is 16.5. The maximum absolute atomic E-state index is 12.4. The maximum atomic E-state index is 12.4. The van der Waals surface area contributed by atoms with Gasteiger partial charge in [-0.15, -0.1) is 0 Å². The van der Waals surface area contributed by atoms with Crippen molar-refractivity contribution in [3.05, 3.63) is 22.9 Å². The second-order valence-corrected chi connectivity index (χ2v) is 6.55. The van der Waals surface area contributed by atoms with Crippen molar-refractivity contribution in [2.45, 2.75) is 45.8 Å². The number of carbonyl (C=O) groups is 3. The molecule has 1 fully saturated rings. The number of amides is 3. The van der Waals surface area contributed by atoms with Gasteiger partial charge in [0, 0.05) is 31.6 Å². The van der Waals surface area contributed by atoms with Crippen LogP contribution in [0.15, 0.2) is 6.07 Å². The van der Waals surface area contributed by atoms with E-state index in [0.717, 1.165) is 6.42 Å². The van der Waals surface area contributed by atoms with Crippen molar-refractivity contribution >= 4 is 17.7 Å². The summed E-state index contributed by atoms with van der Waals surface area (Å²) in [5.41, 5.74) is 1.89. The van der Waals surface area contributed by atoms with Crippen LogP contribution in [0.3, 0.4) is 0 Å². The molecule has 8 nitrogen and oxygen atoms in total. The van der Waals surface area contributed by atoms with Gasteiger partial charge in [-0.3, -0.25) is 14.4 Å². The predicted molar refractivity (Wildman–Crippen MR) is 93.5 cm³/mol. The summed E-state index contributed by atoms with van der Waals surface area (Å²) < 4.78 is 5.33. The lowest BCUT2D eigenvalue weighted by Gasteiger charge is -2.23. The zero-order valence-corrected chi connectivity index (χ0v) is 15.4. The van der Waals surface area contributed by atoms with Crippen LogP contribution < -0.4 is 10.1 Å². The minimum Gasteiger partial charge on any atom is -0.481 e. The second-order valence-electron chi connectivity index (χ2n) is 6.55. The van der Waals surface area contributed by atoms with Crippen molar-refractivity contribution < 1.29 is 19.1 Å². The molecule has 140 valence electrons. The molecular formula is C18H24N4O4. The van der Waals surface area contributed by atoms with E-state index >= 15 is 0 Å². The SMILES string of the molecule is CCN1Cc2nc(OC)c(CNC(=O)C(C)N3CCCC3=O)cc2C1=O. The molecule has 3 heterocycles. The van der Waals surface area contributed by atoms with Crippen LogP contribution in [0.5, 0.6) is 5.88 Å². The number of carbonyl (C=O) groups excluding carboxylic acids is 3. The highest BCUT2D eigenvalue weighted by Gasteiger charge is 2.31. The predicted octanol–water partition coefficient (Wildman–Crippen LogP) is 0.693. The molecule has 0 bridgehead atoms. The Kier molecular flexibility index (Phi) is 5.11. The molecule has 0 saturated carbocycles. The molecule has 0 radical (unpaired) electrons. The summed E-state index contributed by atoms with van der Waals surface area (Å²) in [6.07, 6.45) is 1.28. The molecule has 2 aliphatic rings. The molecule has 1 aromatic rings. The summed E-state index contributed by atoms with van der Waals surface area (Å²) in [6.45, 7) is 5.53. The minimum atomic E-state index is -0.518. The van der Waals surface area contributed by atoms with Crippen molar-refractivity contribution in [2.24, 2.45) is 0 Å². The summed E-state index contributed by atoms with van der Waals surface area (Å²) in [5, 5.41) is 2.82. The average molecular weight is 360 g/mol. The molecule has 26 heavy (non-hydrogen) atoms. The highest BCUT2D eigenvalue weighted by molar-refractivity contribution is 5.98. The van der Waals surface area contributed by atoms with E-state index < -0.39 is 6.04 Å². The van der Waals surface area contributed by atoms with E-state index in [1.165, 1.54) is 7.11 Å². The first-order valence-corrected chi connectivity index (χ1v) is 8.89. The van der Waals surface area contributed by atoms with Crippen molar-refractivity contribution in [1.82, 2.24) is 20.1 Å². The third-order valence-electron chi connectivity index (χ3n) is 4.98. The number of nitrogens with zero attached hydrogens (tertiary/aromatic N) is 3. The molecule has 0 aliphatic carbocycles. The van der Waals surface area contributed by atoms with Crippen LogP contribution in [-0.4, -0.2) is 58.7 Å². The van der Waals surface area contributed by atoms with Gasteiger partial charge in [0.25, 0.3) is 5.91 Å². The van der Waals surface area contributed by atoms with E-state index in [1.54, 1.807) is 22.8 Å². The molecule has 0 aromatic carbocycles. The first kappa shape index (κ1) is 18.2. The van der Waals surface area contributed by atoms with Crippen LogP contribution in [0, 0.1) is 0 Å². The van der Waals surface area contributed by atoms with Crippen molar-refractivity contribution in [3.8, 4) is 5.88 Å². The lowest BCUT2D eigenvalue weighted by molar-refractivity contribution is -0.136. The van der Waals surface area contributed by atoms with Gasteiger partial charge in [0.1, 0.15) is 6.04 Å². The van der Waals surface area contributed by atoms with Crippen molar-refractivity contribution in [2.75, 3.05) is 20.2 Å². The molecular weight excluding hydrogens is 336 g/mol. The summed E-state index contributed by atoms with van der Waals surface area (Å²) in [4.78, 5) is 44.3. The van der Waals surface area contributed by atoms with Gasteiger partial charge in [-0.05, 0) is 26.3 Å². The molecule has 8 heteroatoms. The van der Waals surface area contributed by atoms with E-state index in [9.17, 15) is 14.4 Å².